The van der Waals surface area contributed by atoms with E-state index in [1.165, 1.54) is 19.5 Å². The standard InChI is InChI=1S/C23H28F5N7O/c1-13-4-5-31-16(6-13)15(8-30-3)20(29)21(36)35-12-22(24,25)7-14(2)17(35)9-33-19-11-32-18(10-34-19)23(26,27)28/h4-6,8,10-11,14,17-18,32-33H,7,9,12,29H2,1-3H3. The Kier molecular flexibility index (Phi) is 7.99. The molecule has 1 aromatic heterocycles. The number of aromatic nitrogens is 1. The molecular weight excluding hydrogens is 485 g/mol. The van der Waals surface area contributed by atoms with Crippen molar-refractivity contribution in [3.8, 4) is 0 Å². The molecule has 8 nitrogen and oxygen atoms in total. The van der Waals surface area contributed by atoms with Gasteiger partial charge in [0.25, 0.3) is 11.8 Å². The summed E-state index contributed by atoms with van der Waals surface area (Å²) >= 11 is 0. The molecule has 0 saturated carbocycles. The summed E-state index contributed by atoms with van der Waals surface area (Å²) in [5.74, 6) is -4.53. The number of amides is 1. The number of aryl methyl sites for hydroxylation is 1. The van der Waals surface area contributed by atoms with Crippen molar-refractivity contribution in [2.24, 2.45) is 21.6 Å². The van der Waals surface area contributed by atoms with Gasteiger partial charge in [-0.3, -0.25) is 14.8 Å². The Balaban J connectivity index is 1.86. The zero-order chi connectivity index (χ0) is 26.7. The number of carbonyl (C=O) groups is 1. The van der Waals surface area contributed by atoms with Gasteiger partial charge in [-0.1, -0.05) is 6.92 Å². The first-order chi connectivity index (χ1) is 16.8. The normalized spacial score (nSPS) is 24.7. The fourth-order valence-electron chi connectivity index (χ4n) is 4.12. The molecule has 3 rings (SSSR count). The highest BCUT2D eigenvalue weighted by atomic mass is 19.4. The number of likely N-dealkylation sites (tertiary alicyclic amines) is 1. The summed E-state index contributed by atoms with van der Waals surface area (Å²) in [7, 11) is 1.48. The van der Waals surface area contributed by atoms with Crippen molar-refractivity contribution >= 4 is 23.9 Å². The van der Waals surface area contributed by atoms with Crippen molar-refractivity contribution in [1.29, 1.82) is 0 Å². The van der Waals surface area contributed by atoms with Gasteiger partial charge in [-0.25, -0.2) is 13.8 Å². The van der Waals surface area contributed by atoms with E-state index in [1.54, 1.807) is 19.1 Å². The van der Waals surface area contributed by atoms with Gasteiger partial charge in [-0.15, -0.1) is 0 Å². The molecule has 0 aliphatic carbocycles. The zero-order valence-electron chi connectivity index (χ0n) is 20.0. The monoisotopic (exact) mass is 513 g/mol. The van der Waals surface area contributed by atoms with E-state index >= 15 is 0 Å². The Bertz CT molecular complexity index is 1100. The molecule has 36 heavy (non-hydrogen) atoms. The maximum Gasteiger partial charge on any atom is 0.413 e. The van der Waals surface area contributed by atoms with E-state index in [2.05, 4.69) is 25.6 Å². The van der Waals surface area contributed by atoms with Crippen molar-refractivity contribution in [1.82, 2.24) is 20.5 Å². The van der Waals surface area contributed by atoms with Crippen LogP contribution in [0.1, 0.15) is 24.6 Å². The van der Waals surface area contributed by atoms with Crippen molar-refractivity contribution < 1.29 is 26.7 Å². The van der Waals surface area contributed by atoms with Gasteiger partial charge in [-0.05, 0) is 30.5 Å². The Morgan fingerprint density at radius 2 is 2.14 bits per heavy atom. The largest absolute Gasteiger partial charge is 0.413 e. The number of hydrogen-bond donors (Lipinski definition) is 3. The molecule has 3 atom stereocenters. The number of nitrogens with zero attached hydrogens (tertiary/aromatic N) is 4. The van der Waals surface area contributed by atoms with Crippen LogP contribution >= 0.6 is 0 Å². The quantitative estimate of drug-likeness (QED) is 0.308. The third-order valence-electron chi connectivity index (χ3n) is 5.92. The van der Waals surface area contributed by atoms with Crippen LogP contribution in [0, 0.1) is 12.8 Å². The Hall–Kier alpha value is -3.51. The Labute approximate surface area is 205 Å². The van der Waals surface area contributed by atoms with Crippen LogP contribution in [0.3, 0.4) is 0 Å². The highest BCUT2D eigenvalue weighted by molar-refractivity contribution is 6.18. The number of rotatable bonds is 6. The summed E-state index contributed by atoms with van der Waals surface area (Å²) in [6.45, 7) is 2.51. The number of aliphatic imine (C=N–C) groups is 2. The molecule has 1 amide bonds. The molecule has 1 fully saturated rings. The van der Waals surface area contributed by atoms with Crippen molar-refractivity contribution in [3.63, 3.8) is 0 Å². The fourth-order valence-corrected chi connectivity index (χ4v) is 4.12. The van der Waals surface area contributed by atoms with Crippen molar-refractivity contribution in [2.75, 3.05) is 20.1 Å². The SMILES string of the molecule is CN=CC(=C(N)C(=O)N1CC(F)(F)CC(C)C1CNC1=CNC(C(F)(F)F)C=N1)c1cc(C)ccn1. The lowest BCUT2D eigenvalue weighted by Crippen LogP contribution is -2.59. The molecule has 2 aliphatic rings. The van der Waals surface area contributed by atoms with Crippen LogP contribution < -0.4 is 16.4 Å². The first kappa shape index (κ1) is 27.1. The molecule has 196 valence electrons. The van der Waals surface area contributed by atoms with Crippen LogP contribution in [-0.4, -0.2) is 72.5 Å². The summed E-state index contributed by atoms with van der Waals surface area (Å²) in [6, 6.07) is 0.785. The minimum Gasteiger partial charge on any atom is -0.394 e. The van der Waals surface area contributed by atoms with Crippen LogP contribution in [0.25, 0.3) is 5.57 Å². The number of nitrogens with two attached hydrogens (primary N) is 1. The first-order valence-electron chi connectivity index (χ1n) is 11.2. The van der Waals surface area contributed by atoms with Gasteiger partial charge in [-0.2, -0.15) is 13.2 Å². The highest BCUT2D eigenvalue weighted by Crippen LogP contribution is 2.35. The summed E-state index contributed by atoms with van der Waals surface area (Å²) in [5, 5.41) is 5.01. The van der Waals surface area contributed by atoms with E-state index in [0.717, 1.165) is 16.7 Å². The third-order valence-corrected chi connectivity index (χ3v) is 5.92. The number of halogens is 5. The summed E-state index contributed by atoms with van der Waals surface area (Å²) in [6.07, 6.45) is -0.334. The summed E-state index contributed by atoms with van der Waals surface area (Å²) < 4.78 is 67.4. The second-order valence-corrected chi connectivity index (χ2v) is 8.85. The molecule has 0 aromatic carbocycles. The number of pyridine rings is 1. The molecule has 0 spiro atoms. The van der Waals surface area contributed by atoms with Gasteiger partial charge in [0, 0.05) is 50.4 Å². The zero-order valence-corrected chi connectivity index (χ0v) is 20.0. The Morgan fingerprint density at radius 1 is 1.42 bits per heavy atom. The minimum absolute atomic E-state index is 0.0301. The summed E-state index contributed by atoms with van der Waals surface area (Å²) in [5.41, 5.74) is 7.31. The Morgan fingerprint density at radius 3 is 2.72 bits per heavy atom. The van der Waals surface area contributed by atoms with E-state index in [9.17, 15) is 26.7 Å². The second-order valence-electron chi connectivity index (χ2n) is 8.85. The van der Waals surface area contributed by atoms with E-state index in [4.69, 9.17) is 5.73 Å². The second kappa shape index (κ2) is 10.6. The predicted molar refractivity (Wildman–Crippen MR) is 126 cm³/mol. The fraction of sp³-hybridized carbons (Fsp3) is 0.478. The molecule has 4 N–H and O–H groups in total. The first-order valence-corrected chi connectivity index (χ1v) is 11.2. The molecule has 0 radical (unpaired) electrons. The average Bonchev–Trinajstić information content (AvgIpc) is 2.80. The molecule has 1 aromatic rings. The van der Waals surface area contributed by atoms with Gasteiger partial charge < -0.3 is 21.3 Å². The van der Waals surface area contributed by atoms with Crippen molar-refractivity contribution in [3.05, 3.63) is 47.3 Å². The lowest BCUT2D eigenvalue weighted by Gasteiger charge is -2.43. The van der Waals surface area contributed by atoms with E-state index in [1.807, 2.05) is 6.92 Å². The lowest BCUT2D eigenvalue weighted by molar-refractivity contribution is -0.148. The molecule has 0 bridgehead atoms. The van der Waals surface area contributed by atoms with Crippen LogP contribution in [-0.2, 0) is 4.79 Å². The number of carbonyl (C=O) groups excluding carboxylic acids is 1. The number of allylic oxidation sites excluding steroid dienone is 1. The molecule has 13 heteroatoms. The number of hydrogen-bond acceptors (Lipinski definition) is 7. The van der Waals surface area contributed by atoms with Gasteiger partial charge in [0.15, 0.2) is 6.04 Å². The molecule has 1 saturated heterocycles. The van der Waals surface area contributed by atoms with Crippen LogP contribution in [0.5, 0.6) is 0 Å². The maximum absolute atomic E-state index is 14.5. The number of piperidine rings is 1. The van der Waals surface area contributed by atoms with Crippen molar-refractivity contribution in [2.45, 2.75) is 44.5 Å². The smallest absolute Gasteiger partial charge is 0.394 e. The molecule has 3 heterocycles. The van der Waals surface area contributed by atoms with Crippen LogP contribution in [0.4, 0.5) is 22.0 Å². The highest BCUT2D eigenvalue weighted by Gasteiger charge is 2.46. The lowest BCUT2D eigenvalue weighted by atomic mass is 9.88. The molecular formula is C23H28F5N7O. The molecule has 2 aliphatic heterocycles. The van der Waals surface area contributed by atoms with Gasteiger partial charge >= 0.3 is 6.18 Å². The van der Waals surface area contributed by atoms with Crippen LogP contribution in [0.15, 0.2) is 46.0 Å². The van der Waals surface area contributed by atoms with E-state index < -0.39 is 49.0 Å². The molecule has 3 unspecified atom stereocenters. The van der Waals surface area contributed by atoms with E-state index in [0.29, 0.717) is 11.9 Å². The number of nitrogens with one attached hydrogen (secondary N) is 2. The minimum atomic E-state index is -4.51. The number of alkyl halides is 5. The van der Waals surface area contributed by atoms with E-state index in [-0.39, 0.29) is 23.6 Å². The third kappa shape index (κ3) is 6.38. The topological polar surface area (TPSA) is 108 Å². The van der Waals surface area contributed by atoms with Gasteiger partial charge in [0.05, 0.1) is 18.3 Å². The summed E-state index contributed by atoms with van der Waals surface area (Å²) in [4.78, 5) is 26.3. The predicted octanol–water partition coefficient (Wildman–Crippen LogP) is 2.63. The maximum atomic E-state index is 14.5. The average molecular weight is 514 g/mol. The van der Waals surface area contributed by atoms with Gasteiger partial charge in [0.2, 0.25) is 0 Å². The van der Waals surface area contributed by atoms with Crippen LogP contribution in [0.2, 0.25) is 0 Å². The van der Waals surface area contributed by atoms with Gasteiger partial charge in [0.1, 0.15) is 11.5 Å².